The Labute approximate surface area is 165 Å². The molecule has 0 aliphatic carbocycles. The van der Waals surface area contributed by atoms with Crippen LogP contribution in [-0.4, -0.2) is 50.9 Å². The molecular formula is C20H25N5O2S. The lowest BCUT2D eigenvalue weighted by atomic mass is 10.0. The van der Waals surface area contributed by atoms with Gasteiger partial charge in [-0.25, -0.2) is 18.1 Å². The zero-order valence-electron chi connectivity index (χ0n) is 16.0. The van der Waals surface area contributed by atoms with E-state index in [9.17, 15) is 8.42 Å². The van der Waals surface area contributed by atoms with Crippen molar-refractivity contribution in [1.82, 2.24) is 23.6 Å². The van der Waals surface area contributed by atoms with Crippen LogP contribution < -0.4 is 0 Å². The van der Waals surface area contributed by atoms with Crippen LogP contribution >= 0.6 is 0 Å². The molecule has 3 aromatic rings. The molecule has 1 unspecified atom stereocenters. The maximum Gasteiger partial charge on any atom is 0.211 e. The van der Waals surface area contributed by atoms with E-state index in [0.717, 1.165) is 42.9 Å². The van der Waals surface area contributed by atoms with E-state index in [1.807, 2.05) is 47.3 Å². The van der Waals surface area contributed by atoms with Crippen molar-refractivity contribution in [2.45, 2.75) is 38.3 Å². The van der Waals surface area contributed by atoms with Gasteiger partial charge in [0.05, 0.1) is 18.1 Å². The summed E-state index contributed by atoms with van der Waals surface area (Å²) in [6, 6.07) is 12.0. The Kier molecular flexibility index (Phi) is 5.32. The first kappa shape index (κ1) is 18.9. The maximum absolute atomic E-state index is 12.1. The molecule has 1 saturated heterocycles. The normalized spacial score (nSPS) is 18.4. The lowest BCUT2D eigenvalue weighted by Crippen LogP contribution is -2.43. The van der Waals surface area contributed by atoms with Crippen LogP contribution in [0.4, 0.5) is 0 Å². The van der Waals surface area contributed by atoms with Crippen LogP contribution in [0.1, 0.15) is 25.7 Å². The fourth-order valence-corrected chi connectivity index (χ4v) is 5.17. The van der Waals surface area contributed by atoms with Gasteiger partial charge in [0.25, 0.3) is 0 Å². The highest BCUT2D eigenvalue weighted by atomic mass is 32.2. The van der Waals surface area contributed by atoms with Gasteiger partial charge in [0.15, 0.2) is 5.82 Å². The topological polar surface area (TPSA) is 73.0 Å². The molecule has 148 valence electrons. The number of imidazole rings is 1. The molecule has 1 fully saturated rings. The van der Waals surface area contributed by atoms with E-state index in [1.54, 1.807) is 16.7 Å². The number of hydrogen-bond acceptors (Lipinski definition) is 4. The zero-order valence-corrected chi connectivity index (χ0v) is 16.8. The highest BCUT2D eigenvalue weighted by Crippen LogP contribution is 2.25. The number of piperidine rings is 1. The van der Waals surface area contributed by atoms with Crippen molar-refractivity contribution in [3.8, 4) is 17.2 Å². The number of para-hydroxylation sites is 1. The summed E-state index contributed by atoms with van der Waals surface area (Å²) in [5.41, 5.74) is 1.90. The summed E-state index contributed by atoms with van der Waals surface area (Å²) >= 11 is 0. The molecule has 0 saturated carbocycles. The molecule has 0 N–H and O–H groups in total. The lowest BCUT2D eigenvalue weighted by molar-refractivity contribution is 0.235. The van der Waals surface area contributed by atoms with Gasteiger partial charge in [-0.3, -0.25) is 0 Å². The van der Waals surface area contributed by atoms with Gasteiger partial charge in [-0.05, 0) is 37.5 Å². The van der Waals surface area contributed by atoms with Crippen LogP contribution in [0.2, 0.25) is 0 Å². The molecule has 4 rings (SSSR count). The molecule has 0 bridgehead atoms. The van der Waals surface area contributed by atoms with Crippen LogP contribution in [0.3, 0.4) is 0 Å². The summed E-state index contributed by atoms with van der Waals surface area (Å²) in [5.74, 6) is 0.836. The Hall–Kier alpha value is -2.45. The van der Waals surface area contributed by atoms with Crippen LogP contribution in [0, 0.1) is 0 Å². The molecule has 0 spiro atoms. The second kappa shape index (κ2) is 7.89. The molecule has 28 heavy (non-hydrogen) atoms. The number of hydrogen-bond donors (Lipinski definition) is 0. The number of aromatic nitrogens is 4. The van der Waals surface area contributed by atoms with Crippen molar-refractivity contribution in [2.24, 2.45) is 0 Å². The molecule has 1 atom stereocenters. The smallest absolute Gasteiger partial charge is 0.211 e. The molecule has 2 aromatic heterocycles. The predicted molar refractivity (Wildman–Crippen MR) is 109 cm³/mol. The first-order valence-corrected chi connectivity index (χ1v) is 11.5. The van der Waals surface area contributed by atoms with Crippen molar-refractivity contribution in [3.05, 3.63) is 55.0 Å². The summed E-state index contributed by atoms with van der Waals surface area (Å²) in [7, 11) is -3.17. The van der Waals surface area contributed by atoms with Gasteiger partial charge in [-0.2, -0.15) is 9.40 Å². The minimum atomic E-state index is -3.17. The average molecular weight is 400 g/mol. The third-order valence-corrected chi connectivity index (χ3v) is 6.62. The van der Waals surface area contributed by atoms with E-state index in [4.69, 9.17) is 0 Å². The van der Waals surface area contributed by atoms with E-state index >= 15 is 0 Å². The molecule has 0 amide bonds. The van der Waals surface area contributed by atoms with Crippen LogP contribution in [0.25, 0.3) is 17.2 Å². The van der Waals surface area contributed by atoms with Crippen molar-refractivity contribution < 1.29 is 8.42 Å². The van der Waals surface area contributed by atoms with E-state index in [-0.39, 0.29) is 6.04 Å². The van der Waals surface area contributed by atoms with Crippen molar-refractivity contribution in [1.29, 1.82) is 0 Å². The van der Waals surface area contributed by atoms with Crippen molar-refractivity contribution in [3.63, 3.8) is 0 Å². The molecule has 1 aliphatic heterocycles. The molecule has 0 radical (unpaired) electrons. The monoisotopic (exact) mass is 399 g/mol. The highest BCUT2D eigenvalue weighted by molar-refractivity contribution is 7.88. The molecule has 7 nitrogen and oxygen atoms in total. The molecule has 1 aliphatic rings. The Morgan fingerprint density at radius 2 is 1.93 bits per heavy atom. The van der Waals surface area contributed by atoms with Gasteiger partial charge in [-0.15, -0.1) is 0 Å². The molecule has 8 heteroatoms. The number of sulfonamides is 1. The van der Waals surface area contributed by atoms with E-state index in [1.165, 1.54) is 6.26 Å². The minimum Gasteiger partial charge on any atom is -0.330 e. The summed E-state index contributed by atoms with van der Waals surface area (Å²) in [6.45, 7) is 1.34. The van der Waals surface area contributed by atoms with Crippen molar-refractivity contribution in [2.75, 3.05) is 12.8 Å². The zero-order chi connectivity index (χ0) is 19.6. The third-order valence-electron chi connectivity index (χ3n) is 5.29. The Morgan fingerprint density at radius 1 is 1.11 bits per heavy atom. The second-order valence-electron chi connectivity index (χ2n) is 7.22. The number of benzene rings is 1. The minimum absolute atomic E-state index is 0.0537. The number of nitrogens with zero attached hydrogens (tertiary/aromatic N) is 5. The van der Waals surface area contributed by atoms with Crippen molar-refractivity contribution >= 4 is 10.0 Å². The van der Waals surface area contributed by atoms with Crippen LogP contribution in [0.15, 0.2) is 55.0 Å². The van der Waals surface area contributed by atoms with E-state index < -0.39 is 10.0 Å². The summed E-state index contributed by atoms with van der Waals surface area (Å²) in [4.78, 5) is 4.55. The van der Waals surface area contributed by atoms with Gasteiger partial charge in [0.2, 0.25) is 10.0 Å². The average Bonchev–Trinajstić information content (AvgIpc) is 3.35. The predicted octanol–water partition coefficient (Wildman–Crippen LogP) is 2.94. The number of aryl methyl sites for hydroxylation is 1. The fourth-order valence-electron chi connectivity index (χ4n) is 3.96. The van der Waals surface area contributed by atoms with Gasteiger partial charge in [-0.1, -0.05) is 24.6 Å². The SMILES string of the molecule is CS(=O)(=O)N1CCCCC1CCn1ccnc1-c1ccnn1-c1ccccc1. The first-order chi connectivity index (χ1) is 13.5. The van der Waals surface area contributed by atoms with E-state index in [2.05, 4.69) is 14.6 Å². The van der Waals surface area contributed by atoms with E-state index in [0.29, 0.717) is 13.1 Å². The van der Waals surface area contributed by atoms with Gasteiger partial charge < -0.3 is 4.57 Å². The lowest BCUT2D eigenvalue weighted by Gasteiger charge is -2.33. The molecule has 3 heterocycles. The Balaban J connectivity index is 1.56. The largest absolute Gasteiger partial charge is 0.330 e. The third kappa shape index (κ3) is 3.88. The first-order valence-electron chi connectivity index (χ1n) is 9.62. The summed E-state index contributed by atoms with van der Waals surface area (Å²) in [6.07, 6.45) is 10.5. The van der Waals surface area contributed by atoms with Crippen LogP contribution in [0.5, 0.6) is 0 Å². The molecule has 1 aromatic carbocycles. The quantitative estimate of drug-likeness (QED) is 0.639. The highest BCUT2D eigenvalue weighted by Gasteiger charge is 2.29. The number of rotatable bonds is 6. The standard InChI is InChI=1S/C20H25N5O2S/c1-28(26,27)24-14-6-5-7-17(24)11-15-23-16-13-21-20(23)19-10-12-22-25(19)18-8-3-2-4-9-18/h2-4,8-10,12-13,16-17H,5-7,11,14-15H2,1H3. The molecular weight excluding hydrogens is 374 g/mol. The maximum atomic E-state index is 12.1. The van der Waals surface area contributed by atoms with Gasteiger partial charge >= 0.3 is 0 Å². The summed E-state index contributed by atoms with van der Waals surface area (Å²) < 4.78 is 29.9. The summed E-state index contributed by atoms with van der Waals surface area (Å²) in [5, 5.41) is 4.45. The van der Waals surface area contributed by atoms with Gasteiger partial charge in [0.1, 0.15) is 5.69 Å². The Bertz CT molecular complexity index is 1030. The van der Waals surface area contributed by atoms with Gasteiger partial charge in [0, 0.05) is 31.5 Å². The van der Waals surface area contributed by atoms with Crippen LogP contribution in [-0.2, 0) is 16.6 Å². The fraction of sp³-hybridized carbons (Fsp3) is 0.400. The second-order valence-corrected chi connectivity index (χ2v) is 9.16. The Morgan fingerprint density at radius 3 is 2.71 bits per heavy atom.